The van der Waals surface area contributed by atoms with Crippen LogP contribution in [0.3, 0.4) is 0 Å². The van der Waals surface area contributed by atoms with Crippen LogP contribution in [0.25, 0.3) is 0 Å². The largest absolute Gasteiger partial charge is 0.326 e. The summed E-state index contributed by atoms with van der Waals surface area (Å²) in [6.45, 7) is 8.00. The van der Waals surface area contributed by atoms with Crippen molar-refractivity contribution >= 4 is 0 Å². The van der Waals surface area contributed by atoms with E-state index in [1.54, 1.807) is 0 Å². The summed E-state index contributed by atoms with van der Waals surface area (Å²) in [5, 5.41) is 3.63. The first-order valence-electron chi connectivity index (χ1n) is 6.10. The molecule has 0 spiro atoms. The normalized spacial score (nSPS) is 30.6. The Kier molecular flexibility index (Phi) is 4.90. The molecule has 1 saturated carbocycles. The van der Waals surface area contributed by atoms with Crippen LogP contribution in [-0.2, 0) is 0 Å². The highest BCUT2D eigenvalue weighted by atomic mass is 15.0. The molecule has 84 valence electrons. The van der Waals surface area contributed by atoms with Crippen molar-refractivity contribution < 1.29 is 0 Å². The molecule has 3 N–H and O–H groups in total. The van der Waals surface area contributed by atoms with E-state index in [1.807, 2.05) is 0 Å². The van der Waals surface area contributed by atoms with Crippen LogP contribution in [0.4, 0.5) is 0 Å². The van der Waals surface area contributed by atoms with E-state index in [4.69, 9.17) is 5.73 Å². The molecule has 0 saturated heterocycles. The van der Waals surface area contributed by atoms with Gasteiger partial charge in [-0.2, -0.15) is 0 Å². The first-order chi connectivity index (χ1) is 6.61. The number of hydrogen-bond donors (Lipinski definition) is 2. The van der Waals surface area contributed by atoms with Gasteiger partial charge in [0.25, 0.3) is 0 Å². The molecule has 1 fully saturated rings. The van der Waals surface area contributed by atoms with Gasteiger partial charge >= 0.3 is 0 Å². The molecule has 0 bridgehead atoms. The maximum atomic E-state index is 6.08. The lowest BCUT2D eigenvalue weighted by Gasteiger charge is -2.31. The van der Waals surface area contributed by atoms with Gasteiger partial charge in [0.15, 0.2) is 0 Å². The monoisotopic (exact) mass is 198 g/mol. The van der Waals surface area contributed by atoms with Crippen molar-refractivity contribution in [2.24, 2.45) is 17.6 Å². The van der Waals surface area contributed by atoms with E-state index in [2.05, 4.69) is 26.1 Å². The molecule has 2 heteroatoms. The molecular weight excluding hydrogens is 172 g/mol. The fraction of sp³-hybridized carbons (Fsp3) is 1.00. The molecule has 3 unspecified atom stereocenters. The van der Waals surface area contributed by atoms with E-state index in [0.717, 1.165) is 18.4 Å². The van der Waals surface area contributed by atoms with E-state index in [9.17, 15) is 0 Å². The minimum atomic E-state index is 0.392. The van der Waals surface area contributed by atoms with Crippen LogP contribution < -0.4 is 11.1 Å². The van der Waals surface area contributed by atoms with Crippen LogP contribution in [0.15, 0.2) is 0 Å². The standard InChI is InChI=1S/C12H26N2/c1-9(2)10(3)8-14-12-7-5-4-6-11(12)13/h9-12,14H,4-8,13H2,1-3H3. The van der Waals surface area contributed by atoms with Crippen LogP contribution >= 0.6 is 0 Å². The van der Waals surface area contributed by atoms with Gasteiger partial charge in [-0.25, -0.2) is 0 Å². The Morgan fingerprint density at radius 1 is 1.21 bits per heavy atom. The smallest absolute Gasteiger partial charge is 0.0219 e. The average Bonchev–Trinajstić information content (AvgIpc) is 2.16. The third-order valence-electron chi connectivity index (χ3n) is 3.66. The summed E-state index contributed by atoms with van der Waals surface area (Å²) < 4.78 is 0. The van der Waals surface area contributed by atoms with E-state index in [0.29, 0.717) is 12.1 Å². The Bertz CT molecular complexity index is 156. The van der Waals surface area contributed by atoms with Gasteiger partial charge in [0, 0.05) is 12.1 Å². The number of nitrogens with one attached hydrogen (secondary N) is 1. The molecule has 0 aromatic heterocycles. The van der Waals surface area contributed by atoms with Gasteiger partial charge in [0.05, 0.1) is 0 Å². The fourth-order valence-electron chi connectivity index (χ4n) is 1.99. The highest BCUT2D eigenvalue weighted by Crippen LogP contribution is 2.17. The molecule has 1 aliphatic carbocycles. The maximum Gasteiger partial charge on any atom is 0.0219 e. The van der Waals surface area contributed by atoms with Crippen molar-refractivity contribution in [3.05, 3.63) is 0 Å². The van der Waals surface area contributed by atoms with Crippen LogP contribution in [0.1, 0.15) is 46.5 Å². The molecule has 0 aromatic carbocycles. The molecule has 1 rings (SSSR count). The summed E-state index contributed by atoms with van der Waals surface area (Å²) in [5.41, 5.74) is 6.08. The fourth-order valence-corrected chi connectivity index (χ4v) is 1.99. The van der Waals surface area contributed by atoms with Crippen LogP contribution in [0.5, 0.6) is 0 Å². The molecule has 0 radical (unpaired) electrons. The molecular formula is C12H26N2. The van der Waals surface area contributed by atoms with E-state index in [-0.39, 0.29) is 0 Å². The van der Waals surface area contributed by atoms with Crippen molar-refractivity contribution in [3.8, 4) is 0 Å². The van der Waals surface area contributed by atoms with Gasteiger partial charge in [-0.05, 0) is 31.2 Å². The quantitative estimate of drug-likeness (QED) is 0.726. The van der Waals surface area contributed by atoms with Gasteiger partial charge in [-0.1, -0.05) is 33.6 Å². The summed E-state index contributed by atoms with van der Waals surface area (Å²) in [6, 6.07) is 0.966. The van der Waals surface area contributed by atoms with Crippen molar-refractivity contribution in [1.82, 2.24) is 5.32 Å². The van der Waals surface area contributed by atoms with Crippen LogP contribution in [-0.4, -0.2) is 18.6 Å². The van der Waals surface area contributed by atoms with Gasteiger partial charge in [0.2, 0.25) is 0 Å². The molecule has 2 nitrogen and oxygen atoms in total. The van der Waals surface area contributed by atoms with Crippen molar-refractivity contribution in [1.29, 1.82) is 0 Å². The zero-order chi connectivity index (χ0) is 10.6. The third kappa shape index (κ3) is 3.58. The Balaban J connectivity index is 2.22. The number of nitrogens with two attached hydrogens (primary N) is 1. The second-order valence-electron chi connectivity index (χ2n) is 5.18. The lowest BCUT2D eigenvalue weighted by Crippen LogP contribution is -2.48. The van der Waals surface area contributed by atoms with Crippen LogP contribution in [0, 0.1) is 11.8 Å². The summed E-state index contributed by atoms with van der Waals surface area (Å²) in [7, 11) is 0. The molecule has 0 aromatic rings. The molecule has 0 amide bonds. The Hall–Kier alpha value is -0.0800. The van der Waals surface area contributed by atoms with Crippen molar-refractivity contribution in [2.75, 3.05) is 6.54 Å². The summed E-state index contributed by atoms with van der Waals surface area (Å²) in [5.74, 6) is 1.52. The first-order valence-corrected chi connectivity index (χ1v) is 6.10. The Labute approximate surface area is 88.6 Å². The minimum Gasteiger partial charge on any atom is -0.326 e. The number of rotatable bonds is 4. The molecule has 0 heterocycles. The van der Waals surface area contributed by atoms with E-state index >= 15 is 0 Å². The second-order valence-corrected chi connectivity index (χ2v) is 5.18. The average molecular weight is 198 g/mol. The van der Waals surface area contributed by atoms with Gasteiger partial charge < -0.3 is 11.1 Å². The summed E-state index contributed by atoms with van der Waals surface area (Å²) in [6.07, 6.45) is 5.14. The Morgan fingerprint density at radius 3 is 2.43 bits per heavy atom. The SMILES string of the molecule is CC(C)C(C)CNC1CCCCC1N. The highest BCUT2D eigenvalue weighted by molar-refractivity contribution is 4.84. The van der Waals surface area contributed by atoms with Crippen LogP contribution in [0.2, 0.25) is 0 Å². The first kappa shape index (κ1) is 12.0. The predicted molar refractivity (Wildman–Crippen MR) is 62.2 cm³/mol. The maximum absolute atomic E-state index is 6.08. The van der Waals surface area contributed by atoms with E-state index < -0.39 is 0 Å². The van der Waals surface area contributed by atoms with Crippen molar-refractivity contribution in [3.63, 3.8) is 0 Å². The highest BCUT2D eigenvalue weighted by Gasteiger charge is 2.21. The second kappa shape index (κ2) is 5.72. The molecule has 3 atom stereocenters. The molecule has 1 aliphatic rings. The van der Waals surface area contributed by atoms with Gasteiger partial charge in [-0.15, -0.1) is 0 Å². The Morgan fingerprint density at radius 2 is 1.86 bits per heavy atom. The topological polar surface area (TPSA) is 38.0 Å². The summed E-state index contributed by atoms with van der Waals surface area (Å²) in [4.78, 5) is 0. The lowest BCUT2D eigenvalue weighted by atomic mass is 9.90. The third-order valence-corrected chi connectivity index (χ3v) is 3.66. The van der Waals surface area contributed by atoms with E-state index in [1.165, 1.54) is 25.7 Å². The molecule has 14 heavy (non-hydrogen) atoms. The minimum absolute atomic E-state index is 0.392. The summed E-state index contributed by atoms with van der Waals surface area (Å²) >= 11 is 0. The zero-order valence-electron chi connectivity index (χ0n) is 9.92. The van der Waals surface area contributed by atoms with Crippen molar-refractivity contribution in [2.45, 2.75) is 58.5 Å². The predicted octanol–water partition coefficient (Wildman–Crippen LogP) is 2.14. The van der Waals surface area contributed by atoms with Gasteiger partial charge in [0.1, 0.15) is 0 Å². The zero-order valence-corrected chi connectivity index (χ0v) is 9.92. The van der Waals surface area contributed by atoms with Gasteiger partial charge in [-0.3, -0.25) is 0 Å². The number of hydrogen-bond acceptors (Lipinski definition) is 2. The molecule has 0 aliphatic heterocycles. The lowest BCUT2D eigenvalue weighted by molar-refractivity contribution is 0.294.